The van der Waals surface area contributed by atoms with Crippen LogP contribution >= 0.6 is 22.7 Å². The molecule has 2 aromatic carbocycles. The van der Waals surface area contributed by atoms with E-state index in [2.05, 4.69) is 0 Å². The van der Waals surface area contributed by atoms with Gasteiger partial charge in [0.05, 0.1) is 0 Å². The molecule has 0 amide bonds. The molecule has 0 N–H and O–H groups in total. The second-order valence-corrected chi connectivity index (χ2v) is 10.2. The van der Waals surface area contributed by atoms with Crippen molar-refractivity contribution in [3.05, 3.63) is 69.4 Å². The highest BCUT2D eigenvalue weighted by atomic mass is 32.1. The molecular formula is C25H18F6S2. The van der Waals surface area contributed by atoms with Gasteiger partial charge in [-0.1, -0.05) is 50.2 Å². The smallest absolute Gasteiger partial charge is 0.194 e. The summed E-state index contributed by atoms with van der Waals surface area (Å²) < 4.78 is 93.0. The number of halogens is 6. The zero-order valence-electron chi connectivity index (χ0n) is 17.6. The molecule has 1 aliphatic rings. The number of fused-ring (bicyclic) bond motifs is 2. The van der Waals surface area contributed by atoms with Crippen molar-refractivity contribution in [2.75, 3.05) is 0 Å². The van der Waals surface area contributed by atoms with Crippen LogP contribution in [0.25, 0.3) is 31.3 Å². The van der Waals surface area contributed by atoms with E-state index in [4.69, 9.17) is 0 Å². The Morgan fingerprint density at radius 2 is 0.970 bits per heavy atom. The number of hydrogen-bond donors (Lipinski definition) is 0. The highest BCUT2D eigenvalue weighted by Gasteiger charge is 2.80. The molecule has 0 radical (unpaired) electrons. The van der Waals surface area contributed by atoms with E-state index in [1.807, 2.05) is 0 Å². The van der Waals surface area contributed by atoms with Crippen molar-refractivity contribution in [3.8, 4) is 0 Å². The first-order valence-electron chi connectivity index (χ1n) is 10.5. The number of alkyl halides is 6. The molecule has 5 rings (SSSR count). The lowest BCUT2D eigenvalue weighted by atomic mass is 9.90. The Kier molecular flexibility index (Phi) is 5.00. The van der Waals surface area contributed by atoms with Gasteiger partial charge in [-0.3, -0.25) is 0 Å². The van der Waals surface area contributed by atoms with Crippen molar-refractivity contribution in [2.24, 2.45) is 0 Å². The molecule has 0 unspecified atom stereocenters. The fraction of sp³-hybridized carbons (Fsp3) is 0.280. The largest absolute Gasteiger partial charge is 0.380 e. The van der Waals surface area contributed by atoms with Gasteiger partial charge in [-0.15, -0.1) is 22.7 Å². The van der Waals surface area contributed by atoms with E-state index in [9.17, 15) is 8.78 Å². The Labute approximate surface area is 194 Å². The first-order chi connectivity index (χ1) is 15.6. The summed E-state index contributed by atoms with van der Waals surface area (Å²) in [4.78, 5) is 0.768. The van der Waals surface area contributed by atoms with Crippen LogP contribution in [0.1, 0.15) is 34.7 Å². The van der Waals surface area contributed by atoms with Crippen LogP contribution in [0.3, 0.4) is 0 Å². The summed E-state index contributed by atoms with van der Waals surface area (Å²) in [5.41, 5.74) is -2.87. The molecule has 2 heterocycles. The molecule has 0 nitrogen and oxygen atoms in total. The number of allylic oxidation sites excluding steroid dienone is 2. The highest BCUT2D eigenvalue weighted by Crippen LogP contribution is 2.67. The minimum absolute atomic E-state index is 0.188. The molecule has 4 aromatic rings. The molecule has 0 fully saturated rings. The van der Waals surface area contributed by atoms with Crippen molar-refractivity contribution in [1.29, 1.82) is 0 Å². The quantitative estimate of drug-likeness (QED) is 0.247. The van der Waals surface area contributed by atoms with Crippen LogP contribution in [0.2, 0.25) is 0 Å². The Morgan fingerprint density at radius 1 is 0.606 bits per heavy atom. The first-order valence-corrected chi connectivity index (χ1v) is 12.1. The summed E-state index contributed by atoms with van der Waals surface area (Å²) in [6, 6.07) is 13.0. The van der Waals surface area contributed by atoms with Gasteiger partial charge in [0.2, 0.25) is 0 Å². The second-order valence-electron chi connectivity index (χ2n) is 7.97. The Morgan fingerprint density at radius 3 is 1.33 bits per heavy atom. The van der Waals surface area contributed by atoms with Crippen LogP contribution in [0.4, 0.5) is 26.3 Å². The van der Waals surface area contributed by atoms with Gasteiger partial charge in [0, 0.05) is 52.2 Å². The summed E-state index contributed by atoms with van der Waals surface area (Å²) in [5.74, 6) is -15.7. The number of rotatable bonds is 4. The van der Waals surface area contributed by atoms with Gasteiger partial charge in [-0.05, 0) is 25.0 Å². The van der Waals surface area contributed by atoms with Gasteiger partial charge in [0.15, 0.2) is 0 Å². The van der Waals surface area contributed by atoms with Crippen molar-refractivity contribution in [2.45, 2.75) is 44.5 Å². The van der Waals surface area contributed by atoms with Crippen LogP contribution in [-0.4, -0.2) is 17.8 Å². The van der Waals surface area contributed by atoms with Crippen molar-refractivity contribution in [3.63, 3.8) is 0 Å². The zero-order chi connectivity index (χ0) is 23.8. The van der Waals surface area contributed by atoms with E-state index in [0.717, 1.165) is 0 Å². The van der Waals surface area contributed by atoms with Crippen molar-refractivity contribution < 1.29 is 26.3 Å². The molecule has 2 aromatic heterocycles. The molecule has 0 saturated heterocycles. The minimum atomic E-state index is -5.56. The highest BCUT2D eigenvalue weighted by molar-refractivity contribution is 7.19. The molecule has 8 heteroatoms. The third-order valence-corrected chi connectivity index (χ3v) is 8.78. The molecule has 1 aliphatic carbocycles. The third kappa shape index (κ3) is 2.83. The van der Waals surface area contributed by atoms with E-state index < -0.39 is 28.9 Å². The standard InChI is InChI=1S/C25H18F6S2/c1-3-15-19(13-9-5-7-11-17(13)32-15)21-22(24(28,29)25(30,31)23(21,26)27)20-14-10-6-8-12-18(14)33-16(20)4-2/h5-12H,3-4H2,1-2H3. The van der Waals surface area contributed by atoms with Gasteiger partial charge in [0.1, 0.15) is 0 Å². The maximum absolute atomic E-state index is 15.5. The lowest BCUT2D eigenvalue weighted by molar-refractivity contribution is -0.254. The van der Waals surface area contributed by atoms with Crippen LogP contribution in [-0.2, 0) is 12.8 Å². The molecule has 0 bridgehead atoms. The summed E-state index contributed by atoms with van der Waals surface area (Å²) >= 11 is 2.34. The molecule has 0 aliphatic heterocycles. The number of thiophene rings is 2. The molecule has 0 atom stereocenters. The van der Waals surface area contributed by atoms with Gasteiger partial charge in [0.25, 0.3) is 0 Å². The number of benzene rings is 2. The maximum atomic E-state index is 15.5. The average Bonchev–Trinajstić information content (AvgIpc) is 3.36. The fourth-order valence-electron chi connectivity index (χ4n) is 4.63. The van der Waals surface area contributed by atoms with E-state index >= 15 is 17.6 Å². The predicted molar refractivity (Wildman–Crippen MR) is 124 cm³/mol. The third-order valence-electron chi connectivity index (χ3n) is 6.15. The Bertz CT molecular complexity index is 1320. The average molecular weight is 497 g/mol. The van der Waals surface area contributed by atoms with Gasteiger partial charge >= 0.3 is 17.8 Å². The predicted octanol–water partition coefficient (Wildman–Crippen LogP) is 9.07. The SMILES string of the molecule is CCc1sc2ccccc2c1C1=C(c2c(CC)sc3ccccc23)C(F)(F)C(F)(F)C1(F)F. The topological polar surface area (TPSA) is 0 Å². The van der Waals surface area contributed by atoms with E-state index in [1.165, 1.54) is 34.8 Å². The minimum Gasteiger partial charge on any atom is -0.194 e. The molecule has 33 heavy (non-hydrogen) atoms. The van der Waals surface area contributed by atoms with Gasteiger partial charge in [-0.25, -0.2) is 0 Å². The number of aryl methyl sites for hydroxylation is 2. The van der Waals surface area contributed by atoms with Crippen LogP contribution < -0.4 is 0 Å². The van der Waals surface area contributed by atoms with Crippen molar-refractivity contribution >= 4 is 54.0 Å². The van der Waals surface area contributed by atoms with Crippen LogP contribution in [0, 0.1) is 0 Å². The van der Waals surface area contributed by atoms with E-state index in [0.29, 0.717) is 19.2 Å². The molecule has 0 spiro atoms. The Balaban J connectivity index is 2.01. The summed E-state index contributed by atoms with van der Waals surface area (Å²) in [6.07, 6.45) is 0.507. The lowest BCUT2D eigenvalue weighted by Gasteiger charge is -2.26. The summed E-state index contributed by atoms with van der Waals surface area (Å²) in [5, 5.41) is 0.579. The van der Waals surface area contributed by atoms with Crippen LogP contribution in [0.15, 0.2) is 48.5 Å². The molecule has 172 valence electrons. The first kappa shape index (κ1) is 22.5. The fourth-order valence-corrected chi connectivity index (χ4v) is 6.93. The summed E-state index contributed by atoms with van der Waals surface area (Å²) in [7, 11) is 0. The second kappa shape index (κ2) is 7.34. The van der Waals surface area contributed by atoms with Crippen molar-refractivity contribution in [1.82, 2.24) is 0 Å². The lowest BCUT2D eigenvalue weighted by Crippen LogP contribution is -2.49. The Hall–Kier alpha value is -2.32. The van der Waals surface area contributed by atoms with E-state index in [-0.39, 0.29) is 34.7 Å². The zero-order valence-corrected chi connectivity index (χ0v) is 19.3. The monoisotopic (exact) mass is 496 g/mol. The molecule has 0 saturated carbocycles. The van der Waals surface area contributed by atoms with Gasteiger partial charge < -0.3 is 0 Å². The normalized spacial score (nSPS) is 19.2. The summed E-state index contributed by atoms with van der Waals surface area (Å²) in [6.45, 7) is 3.41. The van der Waals surface area contributed by atoms with Crippen LogP contribution in [0.5, 0.6) is 0 Å². The molecular weight excluding hydrogens is 478 g/mol. The maximum Gasteiger partial charge on any atom is 0.380 e. The van der Waals surface area contributed by atoms with Gasteiger partial charge in [-0.2, -0.15) is 26.3 Å². The van der Waals surface area contributed by atoms with E-state index in [1.54, 1.807) is 50.2 Å². The number of hydrogen-bond acceptors (Lipinski definition) is 2.